The van der Waals surface area contributed by atoms with Crippen molar-refractivity contribution in [1.82, 2.24) is 0 Å². The molecule has 0 radical (unpaired) electrons. The molecule has 2 unspecified atom stereocenters. The van der Waals surface area contributed by atoms with E-state index in [1.807, 2.05) is 12.1 Å². The molecule has 4 nitrogen and oxygen atoms in total. The van der Waals surface area contributed by atoms with Crippen molar-refractivity contribution in [2.45, 2.75) is 91.5 Å². The van der Waals surface area contributed by atoms with E-state index in [9.17, 15) is 5.11 Å². The van der Waals surface area contributed by atoms with Gasteiger partial charge in [-0.15, -0.1) is 0 Å². The molecule has 174 valence electrons. The third-order valence-electron chi connectivity index (χ3n) is 5.85. The average Bonchev–Trinajstić information content (AvgIpc) is 2.69. The van der Waals surface area contributed by atoms with E-state index in [1.165, 1.54) is 25.7 Å². The summed E-state index contributed by atoms with van der Waals surface area (Å²) in [5, 5.41) is 9.72. The van der Waals surface area contributed by atoms with Gasteiger partial charge in [-0.2, -0.15) is 0 Å². The number of benzene rings is 1. The zero-order valence-corrected chi connectivity index (χ0v) is 20.4. The van der Waals surface area contributed by atoms with Gasteiger partial charge >= 0.3 is 0 Å². The highest BCUT2D eigenvalue weighted by molar-refractivity contribution is 5.43. The summed E-state index contributed by atoms with van der Waals surface area (Å²) in [6.45, 7) is 11.9. The lowest BCUT2D eigenvalue weighted by molar-refractivity contribution is 0.165. The molecule has 0 saturated heterocycles. The van der Waals surface area contributed by atoms with E-state index in [0.29, 0.717) is 5.92 Å². The zero-order chi connectivity index (χ0) is 22.6. The average molecular weight is 422 g/mol. The maximum Gasteiger partial charge on any atom is 0.161 e. The van der Waals surface area contributed by atoms with Gasteiger partial charge in [-0.1, -0.05) is 59.9 Å². The minimum atomic E-state index is -0.525. The summed E-state index contributed by atoms with van der Waals surface area (Å²) in [6.07, 6.45) is 8.61. The number of aryl methyl sites for hydroxylation is 1. The van der Waals surface area contributed by atoms with E-state index in [-0.39, 0.29) is 6.61 Å². The van der Waals surface area contributed by atoms with E-state index in [0.717, 1.165) is 61.2 Å². The Hall–Kier alpha value is -1.26. The molecule has 1 aromatic rings. The van der Waals surface area contributed by atoms with E-state index in [4.69, 9.17) is 15.2 Å². The SMILES string of the molecule is COc1cc(CCC(N)(CO)CC(C)C)ccc1OCCCC(C)CCCC(C)C. The summed E-state index contributed by atoms with van der Waals surface area (Å²) in [5.41, 5.74) is 7.02. The van der Waals surface area contributed by atoms with Gasteiger partial charge in [0.1, 0.15) is 0 Å². The van der Waals surface area contributed by atoms with Crippen LogP contribution in [0.2, 0.25) is 0 Å². The largest absolute Gasteiger partial charge is 0.493 e. The van der Waals surface area contributed by atoms with Crippen molar-refractivity contribution in [3.63, 3.8) is 0 Å². The Kier molecular flexibility index (Phi) is 12.4. The van der Waals surface area contributed by atoms with Gasteiger partial charge < -0.3 is 20.3 Å². The molecule has 0 bridgehead atoms. The monoisotopic (exact) mass is 421 g/mol. The first-order chi connectivity index (χ1) is 14.2. The number of methoxy groups -OCH3 is 1. The van der Waals surface area contributed by atoms with E-state index < -0.39 is 5.54 Å². The lowest BCUT2D eigenvalue weighted by atomic mass is 9.85. The number of aliphatic hydroxyl groups excluding tert-OH is 1. The van der Waals surface area contributed by atoms with Crippen LogP contribution < -0.4 is 15.2 Å². The minimum absolute atomic E-state index is 0.0133. The fourth-order valence-electron chi connectivity index (χ4n) is 4.07. The van der Waals surface area contributed by atoms with Crippen LogP contribution in [-0.4, -0.2) is 31.0 Å². The molecule has 0 spiro atoms. The Bertz CT molecular complexity index is 588. The number of aliphatic hydroxyl groups is 1. The van der Waals surface area contributed by atoms with Crippen LogP contribution in [0.5, 0.6) is 11.5 Å². The van der Waals surface area contributed by atoms with E-state index in [1.54, 1.807) is 7.11 Å². The molecule has 2 atom stereocenters. The van der Waals surface area contributed by atoms with Crippen LogP contribution >= 0.6 is 0 Å². The molecule has 0 aliphatic carbocycles. The minimum Gasteiger partial charge on any atom is -0.493 e. The fourth-order valence-corrected chi connectivity index (χ4v) is 4.07. The van der Waals surface area contributed by atoms with Crippen LogP contribution in [0.4, 0.5) is 0 Å². The second kappa shape index (κ2) is 13.9. The Morgan fingerprint density at radius 1 is 0.967 bits per heavy atom. The highest BCUT2D eigenvalue weighted by Crippen LogP contribution is 2.30. The lowest BCUT2D eigenvalue weighted by Gasteiger charge is -2.29. The van der Waals surface area contributed by atoms with Crippen LogP contribution in [-0.2, 0) is 6.42 Å². The van der Waals surface area contributed by atoms with Gasteiger partial charge in [0.2, 0.25) is 0 Å². The van der Waals surface area contributed by atoms with Crippen molar-refractivity contribution in [1.29, 1.82) is 0 Å². The molecule has 0 heterocycles. The second-order valence-electron chi connectivity index (χ2n) is 10.0. The van der Waals surface area contributed by atoms with Crippen molar-refractivity contribution < 1.29 is 14.6 Å². The Morgan fingerprint density at radius 2 is 1.67 bits per heavy atom. The summed E-state index contributed by atoms with van der Waals surface area (Å²) in [5.74, 6) is 3.59. The van der Waals surface area contributed by atoms with Gasteiger partial charge in [-0.3, -0.25) is 0 Å². The van der Waals surface area contributed by atoms with E-state index in [2.05, 4.69) is 40.7 Å². The van der Waals surface area contributed by atoms with Crippen LogP contribution in [0.1, 0.15) is 85.1 Å². The summed E-state index contributed by atoms with van der Waals surface area (Å²) < 4.78 is 11.6. The van der Waals surface area contributed by atoms with Crippen molar-refractivity contribution in [3.8, 4) is 11.5 Å². The third kappa shape index (κ3) is 10.7. The van der Waals surface area contributed by atoms with Gasteiger partial charge in [0, 0.05) is 5.54 Å². The Labute approximate surface area is 185 Å². The molecule has 0 saturated carbocycles. The van der Waals surface area contributed by atoms with Gasteiger partial charge in [0.25, 0.3) is 0 Å². The Balaban J connectivity index is 2.48. The zero-order valence-electron chi connectivity index (χ0n) is 20.4. The third-order valence-corrected chi connectivity index (χ3v) is 5.85. The number of ether oxygens (including phenoxy) is 2. The van der Waals surface area contributed by atoms with Crippen LogP contribution in [0, 0.1) is 17.8 Å². The number of rotatable bonds is 16. The fraction of sp³-hybridized carbons (Fsp3) is 0.769. The first kappa shape index (κ1) is 26.8. The molecule has 3 N–H and O–H groups in total. The predicted molar refractivity (Wildman–Crippen MR) is 127 cm³/mol. The van der Waals surface area contributed by atoms with Crippen LogP contribution in [0.3, 0.4) is 0 Å². The van der Waals surface area contributed by atoms with Gasteiger partial charge in [0.15, 0.2) is 11.5 Å². The summed E-state index contributed by atoms with van der Waals surface area (Å²) in [6, 6.07) is 6.12. The molecule has 1 rings (SSSR count). The summed E-state index contributed by atoms with van der Waals surface area (Å²) in [4.78, 5) is 0. The first-order valence-electron chi connectivity index (χ1n) is 11.9. The highest BCUT2D eigenvalue weighted by Gasteiger charge is 2.25. The number of hydrogen-bond donors (Lipinski definition) is 2. The number of nitrogens with two attached hydrogens (primary N) is 1. The standard InChI is InChI=1S/C26H47NO3/c1-20(2)9-7-10-22(5)11-8-16-30-24-13-12-23(17-25(24)29-6)14-15-26(27,19-28)18-21(3)4/h12-13,17,20-22,28H,7-11,14-16,18-19,27H2,1-6H3. The first-order valence-corrected chi connectivity index (χ1v) is 11.9. The predicted octanol–water partition coefficient (Wildman–Crippen LogP) is 5.99. The van der Waals surface area contributed by atoms with Gasteiger partial charge in [-0.05, 0) is 67.6 Å². The van der Waals surface area contributed by atoms with Crippen molar-refractivity contribution >= 4 is 0 Å². The second-order valence-corrected chi connectivity index (χ2v) is 10.0. The summed E-state index contributed by atoms with van der Waals surface area (Å²) in [7, 11) is 1.68. The van der Waals surface area contributed by atoms with Crippen LogP contribution in [0.15, 0.2) is 18.2 Å². The van der Waals surface area contributed by atoms with E-state index >= 15 is 0 Å². The van der Waals surface area contributed by atoms with Gasteiger partial charge in [-0.25, -0.2) is 0 Å². The molecule has 0 aliphatic heterocycles. The molecular weight excluding hydrogens is 374 g/mol. The molecule has 30 heavy (non-hydrogen) atoms. The van der Waals surface area contributed by atoms with Gasteiger partial charge in [0.05, 0.1) is 20.3 Å². The molecule has 0 fully saturated rings. The summed E-state index contributed by atoms with van der Waals surface area (Å²) >= 11 is 0. The highest BCUT2D eigenvalue weighted by atomic mass is 16.5. The Morgan fingerprint density at radius 3 is 2.27 bits per heavy atom. The smallest absolute Gasteiger partial charge is 0.161 e. The lowest BCUT2D eigenvalue weighted by Crippen LogP contribution is -2.45. The quantitative estimate of drug-likeness (QED) is 0.322. The maximum absolute atomic E-state index is 9.72. The maximum atomic E-state index is 9.72. The van der Waals surface area contributed by atoms with Crippen molar-refractivity contribution in [3.05, 3.63) is 23.8 Å². The molecule has 1 aromatic carbocycles. The molecule has 0 amide bonds. The molecule has 0 aromatic heterocycles. The number of hydrogen-bond acceptors (Lipinski definition) is 4. The van der Waals surface area contributed by atoms with Crippen molar-refractivity contribution in [2.24, 2.45) is 23.5 Å². The molecule has 0 aliphatic rings. The molecular formula is C26H47NO3. The normalized spacial score (nSPS) is 14.7. The van der Waals surface area contributed by atoms with Crippen molar-refractivity contribution in [2.75, 3.05) is 20.3 Å². The topological polar surface area (TPSA) is 64.7 Å². The van der Waals surface area contributed by atoms with Crippen LogP contribution in [0.25, 0.3) is 0 Å². The molecule has 4 heteroatoms.